The highest BCUT2D eigenvalue weighted by molar-refractivity contribution is 5.86. The van der Waals surface area contributed by atoms with Gasteiger partial charge in [0.1, 0.15) is 6.10 Å². The normalized spacial score (nSPS) is 20.0. The zero-order valence-electron chi connectivity index (χ0n) is 14.1. The van der Waals surface area contributed by atoms with Crippen molar-refractivity contribution >= 4 is 11.9 Å². The van der Waals surface area contributed by atoms with Gasteiger partial charge in [-0.3, -0.25) is 4.79 Å². The van der Waals surface area contributed by atoms with Crippen LogP contribution in [0.25, 0.3) is 0 Å². The number of amides is 1. The van der Waals surface area contributed by atoms with E-state index >= 15 is 0 Å². The van der Waals surface area contributed by atoms with E-state index in [4.69, 9.17) is 4.74 Å². The molecule has 2 N–H and O–H groups in total. The first-order valence-electron chi connectivity index (χ1n) is 8.64. The number of carbonyl (C=O) groups is 2. The van der Waals surface area contributed by atoms with Crippen LogP contribution in [0.5, 0.6) is 0 Å². The summed E-state index contributed by atoms with van der Waals surface area (Å²) in [5, 5.41) is 13.1. The van der Waals surface area contributed by atoms with Crippen molar-refractivity contribution in [1.82, 2.24) is 5.32 Å². The number of ether oxygens (including phenoxy) is 1. The molecule has 1 fully saturated rings. The Hall–Kier alpha value is -1.10. The van der Waals surface area contributed by atoms with Crippen LogP contribution in [-0.2, 0) is 9.53 Å². The molecule has 3 atom stereocenters. The molecule has 1 amide bonds. The lowest BCUT2D eigenvalue weighted by molar-refractivity contribution is -0.132. The van der Waals surface area contributed by atoms with E-state index in [2.05, 4.69) is 5.32 Å². The number of Topliss-reactive ketones (excluding diaryl/α,β-unsaturated/α-hetero) is 1. The molecule has 5 heteroatoms. The van der Waals surface area contributed by atoms with Gasteiger partial charge in [0.05, 0.1) is 12.6 Å². The third-order valence-electron chi connectivity index (χ3n) is 4.66. The van der Waals surface area contributed by atoms with Gasteiger partial charge >= 0.3 is 6.09 Å². The van der Waals surface area contributed by atoms with Crippen LogP contribution in [0.4, 0.5) is 4.79 Å². The van der Waals surface area contributed by atoms with Crippen molar-refractivity contribution in [1.29, 1.82) is 0 Å². The summed E-state index contributed by atoms with van der Waals surface area (Å²) in [6, 6.07) is -0.552. The average Bonchev–Trinajstić information content (AvgIpc) is 2.53. The molecule has 1 rings (SSSR count). The van der Waals surface area contributed by atoms with Crippen LogP contribution < -0.4 is 5.32 Å². The quantitative estimate of drug-likeness (QED) is 0.722. The maximum Gasteiger partial charge on any atom is 0.407 e. The summed E-state index contributed by atoms with van der Waals surface area (Å²) in [5.74, 6) is 0.0630. The van der Waals surface area contributed by atoms with Crippen molar-refractivity contribution in [2.24, 2.45) is 11.8 Å². The summed E-state index contributed by atoms with van der Waals surface area (Å²) in [7, 11) is 0. The van der Waals surface area contributed by atoms with E-state index in [0.29, 0.717) is 18.8 Å². The van der Waals surface area contributed by atoms with E-state index < -0.39 is 18.2 Å². The minimum absolute atomic E-state index is 0.194. The van der Waals surface area contributed by atoms with E-state index in [-0.39, 0.29) is 18.3 Å². The van der Waals surface area contributed by atoms with Crippen molar-refractivity contribution in [3.63, 3.8) is 0 Å². The van der Waals surface area contributed by atoms with Crippen molar-refractivity contribution in [2.45, 2.75) is 77.9 Å². The fourth-order valence-electron chi connectivity index (χ4n) is 3.06. The molecule has 0 aromatic rings. The standard InChI is InChI=1S/C17H31NO4/c1-4-12(3)15(19)16(20)14(18-17(21)22-5-2)11-13-9-7-6-8-10-13/h12-14,16,20H,4-11H2,1-3H3,(H,18,21)/t12?,14-,16-/m1/s1. The predicted octanol–water partition coefficient (Wildman–Crippen LogP) is 3.05. The minimum Gasteiger partial charge on any atom is -0.450 e. The van der Waals surface area contributed by atoms with Gasteiger partial charge in [0.15, 0.2) is 5.78 Å². The van der Waals surface area contributed by atoms with Gasteiger partial charge in [-0.05, 0) is 25.7 Å². The Kier molecular flexibility index (Phi) is 8.46. The maximum absolute atomic E-state index is 12.3. The number of aliphatic hydroxyl groups excluding tert-OH is 1. The number of aliphatic hydroxyl groups is 1. The number of carbonyl (C=O) groups excluding carboxylic acids is 2. The highest BCUT2D eigenvalue weighted by Gasteiger charge is 2.32. The highest BCUT2D eigenvalue weighted by atomic mass is 16.5. The summed E-state index contributed by atoms with van der Waals surface area (Å²) >= 11 is 0. The van der Waals surface area contributed by atoms with Crippen LogP contribution >= 0.6 is 0 Å². The van der Waals surface area contributed by atoms with Crippen LogP contribution in [-0.4, -0.2) is 35.7 Å². The molecule has 1 aliphatic rings. The molecule has 0 bridgehead atoms. The Morgan fingerprint density at radius 1 is 1.23 bits per heavy atom. The molecule has 0 aliphatic heterocycles. The van der Waals surface area contributed by atoms with Crippen LogP contribution in [0, 0.1) is 11.8 Å². The Bertz CT molecular complexity index is 353. The average molecular weight is 313 g/mol. The first-order valence-corrected chi connectivity index (χ1v) is 8.64. The lowest BCUT2D eigenvalue weighted by Crippen LogP contribution is -2.49. The fourth-order valence-corrected chi connectivity index (χ4v) is 3.06. The molecule has 0 spiro atoms. The number of rotatable bonds is 8. The van der Waals surface area contributed by atoms with Crippen LogP contribution in [0.1, 0.15) is 65.7 Å². The van der Waals surface area contributed by atoms with Gasteiger partial charge < -0.3 is 15.2 Å². The first kappa shape index (κ1) is 18.9. The Balaban J connectivity index is 2.70. The highest BCUT2D eigenvalue weighted by Crippen LogP contribution is 2.28. The van der Waals surface area contributed by atoms with Gasteiger partial charge in [-0.25, -0.2) is 4.79 Å². The second-order valence-corrected chi connectivity index (χ2v) is 6.37. The van der Waals surface area contributed by atoms with Gasteiger partial charge in [-0.2, -0.15) is 0 Å². The van der Waals surface area contributed by atoms with Gasteiger partial charge in [-0.15, -0.1) is 0 Å². The van der Waals surface area contributed by atoms with Crippen molar-refractivity contribution < 1.29 is 19.4 Å². The number of alkyl carbamates (subject to hydrolysis) is 1. The fraction of sp³-hybridized carbons (Fsp3) is 0.882. The van der Waals surface area contributed by atoms with E-state index in [9.17, 15) is 14.7 Å². The van der Waals surface area contributed by atoms with E-state index in [1.54, 1.807) is 6.92 Å². The molecule has 0 saturated heterocycles. The second-order valence-electron chi connectivity index (χ2n) is 6.37. The summed E-state index contributed by atoms with van der Waals surface area (Å²) in [4.78, 5) is 24.0. The number of ketones is 1. The lowest BCUT2D eigenvalue weighted by Gasteiger charge is -2.30. The third kappa shape index (κ3) is 5.95. The predicted molar refractivity (Wildman–Crippen MR) is 85.6 cm³/mol. The number of hydrogen-bond donors (Lipinski definition) is 2. The third-order valence-corrected chi connectivity index (χ3v) is 4.66. The van der Waals surface area contributed by atoms with Crippen molar-refractivity contribution in [3.8, 4) is 0 Å². The van der Waals surface area contributed by atoms with Crippen LogP contribution in [0.2, 0.25) is 0 Å². The molecule has 0 aromatic heterocycles. The van der Waals surface area contributed by atoms with Gasteiger partial charge in [-0.1, -0.05) is 46.0 Å². The Morgan fingerprint density at radius 2 is 1.86 bits per heavy atom. The molecule has 1 saturated carbocycles. The van der Waals surface area contributed by atoms with Crippen LogP contribution in [0.15, 0.2) is 0 Å². The van der Waals surface area contributed by atoms with Crippen molar-refractivity contribution in [2.75, 3.05) is 6.61 Å². The first-order chi connectivity index (χ1) is 10.5. The number of nitrogens with one attached hydrogen (secondary N) is 1. The topological polar surface area (TPSA) is 75.6 Å². The monoisotopic (exact) mass is 313 g/mol. The molecule has 0 heterocycles. The summed E-state index contributed by atoms with van der Waals surface area (Å²) in [6.07, 6.45) is 5.45. The van der Waals surface area contributed by atoms with E-state index in [1.165, 1.54) is 19.3 Å². The Morgan fingerprint density at radius 3 is 2.41 bits per heavy atom. The van der Waals surface area contributed by atoms with E-state index in [1.807, 2.05) is 13.8 Å². The smallest absolute Gasteiger partial charge is 0.407 e. The largest absolute Gasteiger partial charge is 0.450 e. The van der Waals surface area contributed by atoms with E-state index in [0.717, 1.165) is 12.8 Å². The minimum atomic E-state index is -1.15. The summed E-state index contributed by atoms with van der Waals surface area (Å²) in [6.45, 7) is 5.74. The van der Waals surface area contributed by atoms with Gasteiger partial charge in [0.25, 0.3) is 0 Å². The van der Waals surface area contributed by atoms with Gasteiger partial charge in [0.2, 0.25) is 0 Å². The SMILES string of the molecule is CCOC(=O)N[C@H](CC1CCCCC1)[C@@H](O)C(=O)C(C)CC. The molecule has 0 aromatic carbocycles. The van der Waals surface area contributed by atoms with Crippen LogP contribution in [0.3, 0.4) is 0 Å². The zero-order valence-corrected chi connectivity index (χ0v) is 14.1. The summed E-state index contributed by atoms with van der Waals surface area (Å²) in [5.41, 5.74) is 0. The molecule has 128 valence electrons. The molecular formula is C17H31NO4. The second kappa shape index (κ2) is 9.82. The van der Waals surface area contributed by atoms with Crippen molar-refractivity contribution in [3.05, 3.63) is 0 Å². The lowest BCUT2D eigenvalue weighted by atomic mass is 9.82. The molecule has 22 heavy (non-hydrogen) atoms. The molecule has 0 radical (unpaired) electrons. The molecule has 1 aliphatic carbocycles. The number of hydrogen-bond acceptors (Lipinski definition) is 4. The van der Waals surface area contributed by atoms with Gasteiger partial charge in [0, 0.05) is 5.92 Å². The molecular weight excluding hydrogens is 282 g/mol. The maximum atomic E-state index is 12.3. The molecule has 5 nitrogen and oxygen atoms in total. The summed E-state index contributed by atoms with van der Waals surface area (Å²) < 4.78 is 4.91. The molecule has 1 unspecified atom stereocenters. The zero-order chi connectivity index (χ0) is 16.5. The Labute approximate surface area is 133 Å².